The smallest absolute Gasteiger partial charge is 0.338 e. The number of hydrogen-bond donors (Lipinski definition) is 2. The van der Waals surface area contributed by atoms with Gasteiger partial charge in [0.1, 0.15) is 0 Å². The molecule has 0 rings (SSSR count). The molecular weight excluding hydrogens is 140 g/mol. The second kappa shape index (κ2) is 3.37. The minimum atomic E-state index is -3.84. The Morgan fingerprint density at radius 1 is 1.67 bits per heavy atom. The fourth-order valence-corrected chi connectivity index (χ4v) is 1.12. The van der Waals surface area contributed by atoms with Gasteiger partial charge in [-0.2, -0.15) is 0 Å². The van der Waals surface area contributed by atoms with Gasteiger partial charge in [0.2, 0.25) is 7.41 Å². The number of rotatable bonds is 3. The molecule has 0 aliphatic carbocycles. The molecule has 0 aromatic heterocycles. The molecule has 2 N–H and O–H groups in total. The van der Waals surface area contributed by atoms with Crippen molar-refractivity contribution in [1.29, 1.82) is 0 Å². The molecule has 4 nitrogen and oxygen atoms in total. The van der Waals surface area contributed by atoms with Crippen LogP contribution in [0.1, 0.15) is 0 Å². The molecule has 0 saturated carbocycles. The van der Waals surface area contributed by atoms with Crippen molar-refractivity contribution in [3.8, 4) is 0 Å². The van der Waals surface area contributed by atoms with E-state index in [9.17, 15) is 4.57 Å². The first-order valence-electron chi connectivity index (χ1n) is 2.50. The zero-order valence-corrected chi connectivity index (χ0v) is 6.38. The molecule has 0 fully saturated rings. The lowest BCUT2D eigenvalue weighted by molar-refractivity contribution is 0.356. The largest absolute Gasteiger partial charge is 0.340 e. The van der Waals surface area contributed by atoms with Gasteiger partial charge >= 0.3 is 7.60 Å². The summed E-state index contributed by atoms with van der Waals surface area (Å²) in [6.45, 7) is 1.72. The first-order valence-corrected chi connectivity index (χ1v) is 4.30. The van der Waals surface area contributed by atoms with Gasteiger partial charge in [0.25, 0.3) is 0 Å². The van der Waals surface area contributed by atoms with Crippen LogP contribution < -0.4 is 0 Å². The Kier molecular flexibility index (Phi) is 3.44. The van der Waals surface area contributed by atoms with Crippen molar-refractivity contribution in [3.63, 3.8) is 0 Å². The van der Waals surface area contributed by atoms with E-state index in [1.54, 1.807) is 21.3 Å². The zero-order valence-electron chi connectivity index (χ0n) is 5.48. The standard InChI is InChI=1S/C3H10BNO3P/c1-4-5(2)3-9(6,7)8/h3H2,1-2H3,(H2,6,7,8). The summed E-state index contributed by atoms with van der Waals surface area (Å²) in [6, 6.07) is 0. The number of hydrogen-bond acceptors (Lipinski definition) is 2. The highest BCUT2D eigenvalue weighted by Gasteiger charge is 2.14. The molecule has 0 heterocycles. The maximum atomic E-state index is 10.2. The van der Waals surface area contributed by atoms with Gasteiger partial charge in [-0.15, -0.1) is 0 Å². The SMILES string of the molecule is C[B]N(C)CP(=O)(O)O. The lowest BCUT2D eigenvalue weighted by atomic mass is 9.99. The molecule has 0 spiro atoms. The van der Waals surface area contributed by atoms with Gasteiger partial charge in [-0.3, -0.25) is 4.57 Å². The Hall–Kier alpha value is 0.175. The van der Waals surface area contributed by atoms with E-state index < -0.39 is 7.60 Å². The van der Waals surface area contributed by atoms with Crippen molar-refractivity contribution in [3.05, 3.63) is 0 Å². The molecule has 0 unspecified atom stereocenters. The van der Waals surface area contributed by atoms with Gasteiger partial charge in [-0.05, 0) is 7.05 Å². The predicted molar refractivity (Wildman–Crippen MR) is 36.3 cm³/mol. The Morgan fingerprint density at radius 3 is 2.22 bits per heavy atom. The third-order valence-electron chi connectivity index (χ3n) is 0.848. The van der Waals surface area contributed by atoms with Crippen molar-refractivity contribution in [1.82, 2.24) is 4.81 Å². The van der Waals surface area contributed by atoms with E-state index >= 15 is 0 Å². The van der Waals surface area contributed by atoms with Crippen LogP contribution in [0.15, 0.2) is 0 Å². The van der Waals surface area contributed by atoms with Crippen molar-refractivity contribution < 1.29 is 14.4 Å². The van der Waals surface area contributed by atoms with Gasteiger partial charge in [0.15, 0.2) is 0 Å². The molecule has 9 heavy (non-hydrogen) atoms. The van der Waals surface area contributed by atoms with Gasteiger partial charge in [-0.1, -0.05) is 6.82 Å². The molecule has 53 valence electrons. The minimum absolute atomic E-state index is 0.205. The molecule has 0 aromatic carbocycles. The monoisotopic (exact) mass is 150 g/mol. The fourth-order valence-electron chi connectivity index (χ4n) is 0.372. The van der Waals surface area contributed by atoms with Crippen LogP contribution in [0.5, 0.6) is 0 Å². The highest BCUT2D eigenvalue weighted by atomic mass is 31.2. The topological polar surface area (TPSA) is 60.8 Å². The molecule has 0 aromatic rings. The average Bonchev–Trinajstić information content (AvgIpc) is 1.62. The van der Waals surface area contributed by atoms with Crippen molar-refractivity contribution >= 4 is 15.0 Å². The summed E-state index contributed by atoms with van der Waals surface area (Å²) >= 11 is 0. The van der Waals surface area contributed by atoms with Gasteiger partial charge in [-0.25, -0.2) is 0 Å². The molecule has 0 saturated heterocycles. The van der Waals surface area contributed by atoms with E-state index in [0.717, 1.165) is 0 Å². The molecular formula is C3H10BNO3P. The molecule has 0 aliphatic rings. The van der Waals surface area contributed by atoms with Crippen LogP contribution in [0.3, 0.4) is 0 Å². The highest BCUT2D eigenvalue weighted by Crippen LogP contribution is 2.33. The predicted octanol–water partition coefficient (Wildman–Crippen LogP) is -0.279. The quantitative estimate of drug-likeness (QED) is 0.429. The van der Waals surface area contributed by atoms with Crippen LogP contribution >= 0.6 is 7.60 Å². The van der Waals surface area contributed by atoms with Crippen molar-refractivity contribution in [2.75, 3.05) is 13.3 Å². The molecule has 0 amide bonds. The summed E-state index contributed by atoms with van der Waals surface area (Å²) in [5.74, 6) is 0. The maximum absolute atomic E-state index is 10.2. The lowest BCUT2D eigenvalue weighted by Gasteiger charge is -2.13. The number of nitrogens with zero attached hydrogens (tertiary/aromatic N) is 1. The normalized spacial score (nSPS) is 12.1. The minimum Gasteiger partial charge on any atom is -0.340 e. The van der Waals surface area contributed by atoms with Crippen LogP contribution in [0.2, 0.25) is 6.82 Å². The van der Waals surface area contributed by atoms with Crippen LogP contribution in [0, 0.1) is 0 Å². The fraction of sp³-hybridized carbons (Fsp3) is 1.00. The lowest BCUT2D eigenvalue weighted by Crippen LogP contribution is -2.21. The molecule has 6 heteroatoms. The van der Waals surface area contributed by atoms with Gasteiger partial charge in [0, 0.05) is 0 Å². The Balaban J connectivity index is 3.60. The summed E-state index contributed by atoms with van der Waals surface area (Å²) < 4.78 is 10.2. The Bertz CT molecular complexity index is 124. The Labute approximate surface area is 55.3 Å². The summed E-state index contributed by atoms with van der Waals surface area (Å²) in [7, 11) is -0.623. The molecule has 1 radical (unpaired) electrons. The summed E-state index contributed by atoms with van der Waals surface area (Å²) in [6.07, 6.45) is -0.205. The molecule has 0 aliphatic heterocycles. The van der Waals surface area contributed by atoms with E-state index in [0.29, 0.717) is 0 Å². The third-order valence-corrected chi connectivity index (χ3v) is 1.66. The van der Waals surface area contributed by atoms with Crippen LogP contribution in [0.4, 0.5) is 0 Å². The second-order valence-corrected chi connectivity index (χ2v) is 3.43. The van der Waals surface area contributed by atoms with E-state index in [4.69, 9.17) is 9.79 Å². The van der Waals surface area contributed by atoms with E-state index in [-0.39, 0.29) is 6.29 Å². The van der Waals surface area contributed by atoms with Crippen LogP contribution in [0.25, 0.3) is 0 Å². The van der Waals surface area contributed by atoms with Crippen LogP contribution in [-0.2, 0) is 4.57 Å². The first kappa shape index (κ1) is 9.17. The van der Waals surface area contributed by atoms with Crippen molar-refractivity contribution in [2.24, 2.45) is 0 Å². The average molecular weight is 150 g/mol. The van der Waals surface area contributed by atoms with E-state index in [1.165, 1.54) is 4.81 Å². The summed E-state index contributed by atoms with van der Waals surface area (Å²) in [5.41, 5.74) is 0. The summed E-state index contributed by atoms with van der Waals surface area (Å²) in [5, 5.41) is 0. The van der Waals surface area contributed by atoms with E-state index in [1.807, 2.05) is 0 Å². The van der Waals surface area contributed by atoms with Gasteiger partial charge in [0.05, 0.1) is 6.29 Å². The molecule has 0 atom stereocenters. The van der Waals surface area contributed by atoms with Gasteiger partial charge < -0.3 is 14.6 Å². The maximum Gasteiger partial charge on any atom is 0.338 e. The van der Waals surface area contributed by atoms with E-state index in [2.05, 4.69) is 0 Å². The third kappa shape index (κ3) is 6.05. The Morgan fingerprint density at radius 2 is 2.11 bits per heavy atom. The zero-order chi connectivity index (χ0) is 7.49. The first-order chi connectivity index (χ1) is 3.95. The molecule has 0 bridgehead atoms. The second-order valence-electron chi connectivity index (χ2n) is 1.82. The summed E-state index contributed by atoms with van der Waals surface area (Å²) in [4.78, 5) is 18.2. The highest BCUT2D eigenvalue weighted by molar-refractivity contribution is 7.51. The van der Waals surface area contributed by atoms with Crippen molar-refractivity contribution in [2.45, 2.75) is 6.82 Å². The van der Waals surface area contributed by atoms with Crippen LogP contribution in [-0.4, -0.2) is 35.3 Å².